The number of nitrogens with one attached hydrogen (secondary N) is 2. The quantitative estimate of drug-likeness (QED) is 0.729. The molecule has 122 valence electrons. The third kappa shape index (κ3) is 4.10. The third-order valence-corrected chi connectivity index (χ3v) is 3.87. The van der Waals surface area contributed by atoms with E-state index in [2.05, 4.69) is 21.7 Å². The van der Waals surface area contributed by atoms with Crippen molar-refractivity contribution in [2.45, 2.75) is 19.9 Å². The Morgan fingerprint density at radius 2 is 1.92 bits per heavy atom. The van der Waals surface area contributed by atoms with Crippen molar-refractivity contribution in [2.75, 3.05) is 11.9 Å². The Balaban J connectivity index is 1.50. The van der Waals surface area contributed by atoms with Crippen molar-refractivity contribution in [1.29, 1.82) is 0 Å². The zero-order chi connectivity index (χ0) is 16.8. The zero-order valence-corrected chi connectivity index (χ0v) is 13.8. The second-order valence-electron chi connectivity index (χ2n) is 5.82. The number of rotatable bonds is 6. The molecule has 0 fully saturated rings. The van der Waals surface area contributed by atoms with E-state index in [1.807, 2.05) is 55.5 Å². The van der Waals surface area contributed by atoms with Crippen molar-refractivity contribution in [3.05, 3.63) is 71.9 Å². The van der Waals surface area contributed by atoms with Gasteiger partial charge in [0.05, 0.1) is 11.2 Å². The maximum Gasteiger partial charge on any atom is 0.222 e. The van der Waals surface area contributed by atoms with Gasteiger partial charge in [0.1, 0.15) is 0 Å². The maximum absolute atomic E-state index is 12.0. The molecule has 0 aliphatic heterocycles. The molecule has 2 N–H and O–H groups in total. The molecule has 3 rings (SSSR count). The van der Waals surface area contributed by atoms with Crippen LogP contribution in [0.4, 0.5) is 5.69 Å². The number of carbonyl (C=O) groups is 1. The highest BCUT2D eigenvalue weighted by Gasteiger charge is 2.04. The van der Waals surface area contributed by atoms with Gasteiger partial charge in [0.25, 0.3) is 0 Å². The first kappa shape index (κ1) is 16.0. The van der Waals surface area contributed by atoms with Crippen LogP contribution in [-0.4, -0.2) is 17.4 Å². The number of hydrogen-bond acceptors (Lipinski definition) is 3. The number of anilines is 1. The summed E-state index contributed by atoms with van der Waals surface area (Å²) in [6.07, 6.45) is 2.21. The van der Waals surface area contributed by atoms with Crippen LogP contribution in [0.2, 0.25) is 0 Å². The normalized spacial score (nSPS) is 10.5. The van der Waals surface area contributed by atoms with Crippen molar-refractivity contribution in [3.8, 4) is 0 Å². The number of carbonyl (C=O) groups excluding carboxylic acids is 1. The lowest BCUT2D eigenvalue weighted by Crippen LogP contribution is -2.24. The van der Waals surface area contributed by atoms with Crippen LogP contribution < -0.4 is 10.6 Å². The molecule has 0 atom stereocenters. The van der Waals surface area contributed by atoms with E-state index in [4.69, 9.17) is 0 Å². The molecular formula is C20H21N3O. The van der Waals surface area contributed by atoms with Gasteiger partial charge < -0.3 is 10.6 Å². The predicted molar refractivity (Wildman–Crippen MR) is 97.9 cm³/mol. The predicted octanol–water partition coefficient (Wildman–Crippen LogP) is 3.66. The maximum atomic E-state index is 12.0. The lowest BCUT2D eigenvalue weighted by molar-refractivity contribution is -0.121. The first-order valence-corrected chi connectivity index (χ1v) is 8.12. The molecule has 1 heterocycles. The fourth-order valence-electron chi connectivity index (χ4n) is 2.67. The fraction of sp³-hybridized carbons (Fsp3) is 0.200. The van der Waals surface area contributed by atoms with E-state index in [-0.39, 0.29) is 5.91 Å². The van der Waals surface area contributed by atoms with Crippen molar-refractivity contribution in [3.63, 3.8) is 0 Å². The Morgan fingerprint density at radius 3 is 2.79 bits per heavy atom. The number of fused-ring (bicyclic) bond motifs is 1. The molecule has 2 aromatic carbocycles. The molecule has 0 bridgehead atoms. The number of aryl methyl sites for hydroxylation is 1. The van der Waals surface area contributed by atoms with E-state index < -0.39 is 0 Å². The van der Waals surface area contributed by atoms with Crippen LogP contribution in [0, 0.1) is 6.92 Å². The fourth-order valence-corrected chi connectivity index (χ4v) is 2.67. The molecule has 24 heavy (non-hydrogen) atoms. The molecule has 0 spiro atoms. The van der Waals surface area contributed by atoms with E-state index in [0.29, 0.717) is 19.5 Å². The van der Waals surface area contributed by atoms with Gasteiger partial charge >= 0.3 is 0 Å². The summed E-state index contributed by atoms with van der Waals surface area (Å²) in [5, 5.41) is 7.35. The largest absolute Gasteiger partial charge is 0.383 e. The van der Waals surface area contributed by atoms with Crippen molar-refractivity contribution >= 4 is 22.5 Å². The summed E-state index contributed by atoms with van der Waals surface area (Å²) >= 11 is 0. The van der Waals surface area contributed by atoms with E-state index in [0.717, 1.165) is 22.2 Å². The van der Waals surface area contributed by atoms with Crippen LogP contribution in [0.1, 0.15) is 17.5 Å². The highest BCUT2D eigenvalue weighted by Crippen LogP contribution is 2.20. The first-order chi connectivity index (χ1) is 11.7. The Bertz CT molecular complexity index is 840. The summed E-state index contributed by atoms with van der Waals surface area (Å²) in [5.74, 6) is 0.0391. The molecule has 0 radical (unpaired) electrons. The van der Waals surface area contributed by atoms with Crippen molar-refractivity contribution in [2.24, 2.45) is 0 Å². The molecule has 1 aromatic heterocycles. The molecule has 0 aliphatic carbocycles. The minimum Gasteiger partial charge on any atom is -0.383 e. The number of para-hydroxylation sites is 1. The molecule has 0 saturated heterocycles. The Kier molecular flexibility index (Phi) is 5.06. The Hall–Kier alpha value is -2.88. The molecule has 0 saturated carbocycles. The van der Waals surface area contributed by atoms with Crippen LogP contribution in [0.15, 0.2) is 60.8 Å². The molecule has 3 aromatic rings. The van der Waals surface area contributed by atoms with Gasteiger partial charge in [0.2, 0.25) is 5.91 Å². The summed E-state index contributed by atoms with van der Waals surface area (Å²) in [6.45, 7) is 3.19. The molecule has 0 unspecified atom stereocenters. The summed E-state index contributed by atoms with van der Waals surface area (Å²) in [5.41, 5.74) is 4.21. The van der Waals surface area contributed by atoms with Gasteiger partial charge in [0, 0.05) is 31.1 Å². The monoisotopic (exact) mass is 319 g/mol. The van der Waals surface area contributed by atoms with Gasteiger partial charge in [-0.3, -0.25) is 9.78 Å². The summed E-state index contributed by atoms with van der Waals surface area (Å²) < 4.78 is 0. The van der Waals surface area contributed by atoms with Gasteiger partial charge in [0.15, 0.2) is 0 Å². The zero-order valence-electron chi connectivity index (χ0n) is 13.8. The smallest absolute Gasteiger partial charge is 0.222 e. The number of aromatic nitrogens is 1. The SMILES string of the molecule is Cc1cccc(CNC(=O)CCNc2cccc3cccnc23)c1. The van der Waals surface area contributed by atoms with Crippen molar-refractivity contribution < 1.29 is 4.79 Å². The second-order valence-corrected chi connectivity index (χ2v) is 5.82. The average molecular weight is 319 g/mol. The summed E-state index contributed by atoms with van der Waals surface area (Å²) in [7, 11) is 0. The minimum absolute atomic E-state index is 0.0391. The molecule has 0 aliphatic rings. The number of hydrogen-bond donors (Lipinski definition) is 2. The van der Waals surface area contributed by atoms with Crippen molar-refractivity contribution in [1.82, 2.24) is 10.3 Å². The number of benzene rings is 2. The van der Waals surface area contributed by atoms with Gasteiger partial charge in [-0.15, -0.1) is 0 Å². The van der Waals surface area contributed by atoms with E-state index >= 15 is 0 Å². The van der Waals surface area contributed by atoms with Crippen LogP contribution >= 0.6 is 0 Å². The standard InChI is InChI=1S/C20H21N3O/c1-15-5-2-6-16(13-15)14-23-19(24)10-12-21-18-9-3-7-17-8-4-11-22-20(17)18/h2-9,11,13,21H,10,12,14H2,1H3,(H,23,24). The Labute approximate surface area is 141 Å². The molecule has 1 amide bonds. The highest BCUT2D eigenvalue weighted by atomic mass is 16.1. The van der Waals surface area contributed by atoms with Crippen LogP contribution in [0.3, 0.4) is 0 Å². The molecule has 4 nitrogen and oxygen atoms in total. The topological polar surface area (TPSA) is 54.0 Å². The van der Waals surface area contributed by atoms with Crippen LogP contribution in [0.25, 0.3) is 10.9 Å². The highest BCUT2D eigenvalue weighted by molar-refractivity contribution is 5.90. The van der Waals surface area contributed by atoms with Crippen LogP contribution in [-0.2, 0) is 11.3 Å². The van der Waals surface area contributed by atoms with Gasteiger partial charge in [-0.1, -0.05) is 48.0 Å². The second kappa shape index (κ2) is 7.59. The lowest BCUT2D eigenvalue weighted by Gasteiger charge is -2.09. The first-order valence-electron chi connectivity index (χ1n) is 8.12. The minimum atomic E-state index is 0.0391. The lowest BCUT2D eigenvalue weighted by atomic mass is 10.1. The average Bonchev–Trinajstić information content (AvgIpc) is 2.60. The van der Waals surface area contributed by atoms with Gasteiger partial charge in [-0.2, -0.15) is 0 Å². The Morgan fingerprint density at radius 1 is 1.08 bits per heavy atom. The van der Waals surface area contributed by atoms with Gasteiger partial charge in [-0.25, -0.2) is 0 Å². The van der Waals surface area contributed by atoms with E-state index in [1.54, 1.807) is 6.20 Å². The number of nitrogens with zero attached hydrogens (tertiary/aromatic N) is 1. The molecule has 4 heteroatoms. The van der Waals surface area contributed by atoms with E-state index in [1.165, 1.54) is 5.56 Å². The van der Waals surface area contributed by atoms with E-state index in [9.17, 15) is 4.79 Å². The molecular weight excluding hydrogens is 298 g/mol. The summed E-state index contributed by atoms with van der Waals surface area (Å²) in [6, 6.07) is 18.1. The summed E-state index contributed by atoms with van der Waals surface area (Å²) in [4.78, 5) is 16.4. The van der Waals surface area contributed by atoms with Gasteiger partial charge in [-0.05, 0) is 24.6 Å². The van der Waals surface area contributed by atoms with Crippen LogP contribution in [0.5, 0.6) is 0 Å². The number of pyridine rings is 1. The third-order valence-electron chi connectivity index (χ3n) is 3.87. The number of amides is 1.